The number of carbonyl (C=O) groups is 2. The summed E-state index contributed by atoms with van der Waals surface area (Å²) in [5, 5.41) is 0. The molecule has 0 fully saturated rings. The molecular formula is C65H124NO8P. The topological polar surface area (TPSA) is 134 Å². The zero-order valence-electron chi connectivity index (χ0n) is 49.6. The number of phosphoric ester groups is 1. The quantitative estimate of drug-likeness (QED) is 0.0264. The number of nitrogens with two attached hydrogens (primary N) is 1. The third kappa shape index (κ3) is 61.3. The molecule has 0 aliphatic carbocycles. The summed E-state index contributed by atoms with van der Waals surface area (Å²) < 4.78 is 33.1. The van der Waals surface area contributed by atoms with Gasteiger partial charge in [0, 0.05) is 19.4 Å². The van der Waals surface area contributed by atoms with Crippen LogP contribution in [0, 0.1) is 0 Å². The van der Waals surface area contributed by atoms with E-state index in [1.165, 1.54) is 263 Å². The van der Waals surface area contributed by atoms with Gasteiger partial charge in [0.1, 0.15) is 6.61 Å². The Bertz CT molecular complexity index is 1320. The Morgan fingerprint density at radius 2 is 0.693 bits per heavy atom. The molecule has 0 aromatic carbocycles. The fraction of sp³-hybridized carbons (Fsp3) is 0.877. The van der Waals surface area contributed by atoms with E-state index in [4.69, 9.17) is 24.3 Å². The Morgan fingerprint density at radius 1 is 0.400 bits per heavy atom. The number of phosphoric acid groups is 1. The van der Waals surface area contributed by atoms with Gasteiger partial charge in [-0.25, -0.2) is 4.57 Å². The van der Waals surface area contributed by atoms with Gasteiger partial charge in [0.05, 0.1) is 13.2 Å². The minimum absolute atomic E-state index is 0.0551. The van der Waals surface area contributed by atoms with Crippen LogP contribution in [0.2, 0.25) is 0 Å². The summed E-state index contributed by atoms with van der Waals surface area (Å²) in [5.74, 6) is -0.812. The van der Waals surface area contributed by atoms with E-state index in [0.29, 0.717) is 6.42 Å². The minimum Gasteiger partial charge on any atom is -0.462 e. The summed E-state index contributed by atoms with van der Waals surface area (Å²) in [7, 11) is -4.39. The smallest absolute Gasteiger partial charge is 0.462 e. The summed E-state index contributed by atoms with van der Waals surface area (Å²) >= 11 is 0. The standard InChI is InChI=1S/C65H124NO8P/c1-3-5-7-9-11-13-15-17-19-21-23-25-26-27-28-29-30-31-32-33-34-35-36-38-40-42-44-46-48-50-52-54-56-58-65(68)74-63(62-73-75(69,70)72-60-59-66)61-71-64(67)57-55-53-51-49-47-45-43-41-39-37-24-22-20-18-16-14-12-10-8-6-4-2/h15,17,21-24,63H,3-14,16,18-20,25-62,66H2,1-2H3,(H,69,70)/b17-15-,23-21-,24-22-. The molecule has 9 nitrogen and oxygen atoms in total. The molecule has 3 N–H and O–H groups in total. The third-order valence-corrected chi connectivity index (χ3v) is 15.5. The Kier molecular flexibility index (Phi) is 60.0. The average Bonchev–Trinajstić information content (AvgIpc) is 3.40. The van der Waals surface area contributed by atoms with E-state index in [1.54, 1.807) is 0 Å². The second-order valence-corrected chi connectivity index (χ2v) is 23.4. The SMILES string of the molecule is CCCCCCC/C=C\C/C=C\CCCCCCCCCCCCCCCCCCCCCCCC(=O)OC(COC(=O)CCCCCCCCCCC/C=C\CCCCCCCCCC)COP(=O)(O)OCCN. The van der Waals surface area contributed by atoms with E-state index in [2.05, 4.69) is 50.3 Å². The second-order valence-electron chi connectivity index (χ2n) is 22.0. The van der Waals surface area contributed by atoms with E-state index in [9.17, 15) is 19.0 Å². The van der Waals surface area contributed by atoms with Crippen molar-refractivity contribution >= 4 is 19.8 Å². The van der Waals surface area contributed by atoms with E-state index >= 15 is 0 Å². The molecule has 0 rings (SSSR count). The molecule has 0 bridgehead atoms. The largest absolute Gasteiger partial charge is 0.472 e. The Morgan fingerprint density at radius 3 is 1.03 bits per heavy atom. The van der Waals surface area contributed by atoms with Gasteiger partial charge in [0.15, 0.2) is 6.10 Å². The number of allylic oxidation sites excluding steroid dienone is 6. The molecule has 75 heavy (non-hydrogen) atoms. The second kappa shape index (κ2) is 61.4. The lowest BCUT2D eigenvalue weighted by molar-refractivity contribution is -0.161. The van der Waals surface area contributed by atoms with Crippen molar-refractivity contribution < 1.29 is 37.6 Å². The predicted molar refractivity (Wildman–Crippen MR) is 321 cm³/mol. The molecule has 0 aliphatic rings. The molecule has 2 atom stereocenters. The van der Waals surface area contributed by atoms with Gasteiger partial charge < -0.3 is 20.1 Å². The lowest BCUT2D eigenvalue weighted by Crippen LogP contribution is -2.29. The maximum atomic E-state index is 12.7. The van der Waals surface area contributed by atoms with Crippen LogP contribution in [0.5, 0.6) is 0 Å². The Balaban J connectivity index is 3.85. The molecule has 442 valence electrons. The van der Waals surface area contributed by atoms with Gasteiger partial charge in [-0.3, -0.25) is 18.6 Å². The van der Waals surface area contributed by atoms with Crippen LogP contribution in [0.15, 0.2) is 36.5 Å². The summed E-state index contributed by atoms with van der Waals surface area (Å²) in [6.45, 7) is 3.79. The average molecular weight is 1080 g/mol. The molecule has 0 heterocycles. The van der Waals surface area contributed by atoms with Gasteiger partial charge in [0.25, 0.3) is 0 Å². The maximum absolute atomic E-state index is 12.7. The normalized spacial score (nSPS) is 13.2. The number of hydrogen-bond acceptors (Lipinski definition) is 8. The molecule has 0 radical (unpaired) electrons. The van der Waals surface area contributed by atoms with Crippen LogP contribution in [0.4, 0.5) is 0 Å². The number of unbranched alkanes of at least 4 members (excludes halogenated alkanes) is 43. The van der Waals surface area contributed by atoms with E-state index in [0.717, 1.165) is 38.5 Å². The minimum atomic E-state index is -4.39. The van der Waals surface area contributed by atoms with Crippen molar-refractivity contribution in [3.8, 4) is 0 Å². The van der Waals surface area contributed by atoms with Crippen molar-refractivity contribution in [1.29, 1.82) is 0 Å². The van der Waals surface area contributed by atoms with E-state index in [1.807, 2.05) is 0 Å². The first-order valence-electron chi connectivity index (χ1n) is 32.5. The van der Waals surface area contributed by atoms with Crippen molar-refractivity contribution in [2.24, 2.45) is 5.73 Å². The first-order valence-corrected chi connectivity index (χ1v) is 34.0. The predicted octanol–water partition coefficient (Wildman–Crippen LogP) is 20.7. The Hall–Kier alpha value is -1.77. The maximum Gasteiger partial charge on any atom is 0.472 e. The van der Waals surface area contributed by atoms with Crippen LogP contribution < -0.4 is 5.73 Å². The molecule has 0 amide bonds. The number of carbonyl (C=O) groups excluding carboxylic acids is 2. The summed E-state index contributed by atoms with van der Waals surface area (Å²) in [5.41, 5.74) is 5.39. The van der Waals surface area contributed by atoms with Gasteiger partial charge >= 0.3 is 19.8 Å². The van der Waals surface area contributed by atoms with Crippen molar-refractivity contribution in [3.05, 3.63) is 36.5 Å². The van der Waals surface area contributed by atoms with Crippen LogP contribution in [0.25, 0.3) is 0 Å². The van der Waals surface area contributed by atoms with Crippen LogP contribution in [0.3, 0.4) is 0 Å². The zero-order chi connectivity index (χ0) is 54.5. The van der Waals surface area contributed by atoms with Crippen LogP contribution in [-0.4, -0.2) is 49.3 Å². The lowest BCUT2D eigenvalue weighted by Gasteiger charge is -2.19. The number of hydrogen-bond donors (Lipinski definition) is 2. The lowest BCUT2D eigenvalue weighted by atomic mass is 10.0. The summed E-state index contributed by atoms with van der Waals surface area (Å²) in [4.78, 5) is 35.3. The van der Waals surface area contributed by atoms with Crippen LogP contribution in [-0.2, 0) is 32.7 Å². The molecule has 2 unspecified atom stereocenters. The fourth-order valence-electron chi connectivity index (χ4n) is 9.67. The van der Waals surface area contributed by atoms with Gasteiger partial charge in [-0.15, -0.1) is 0 Å². The Labute approximate surface area is 464 Å². The highest BCUT2D eigenvalue weighted by Crippen LogP contribution is 2.43. The molecule has 0 saturated heterocycles. The number of rotatable bonds is 62. The van der Waals surface area contributed by atoms with Gasteiger partial charge in [-0.05, 0) is 70.6 Å². The highest BCUT2D eigenvalue weighted by Gasteiger charge is 2.26. The van der Waals surface area contributed by atoms with Crippen molar-refractivity contribution in [3.63, 3.8) is 0 Å². The van der Waals surface area contributed by atoms with Gasteiger partial charge in [-0.1, -0.05) is 288 Å². The molecule has 0 aliphatic heterocycles. The third-order valence-electron chi connectivity index (χ3n) is 14.5. The zero-order valence-corrected chi connectivity index (χ0v) is 50.4. The first-order chi connectivity index (χ1) is 36.8. The fourth-order valence-corrected chi connectivity index (χ4v) is 10.4. The summed E-state index contributed by atoms with van der Waals surface area (Å²) in [6.07, 6.45) is 75.1. The first kappa shape index (κ1) is 73.2. The van der Waals surface area contributed by atoms with Crippen LogP contribution >= 0.6 is 7.82 Å². The monoisotopic (exact) mass is 1080 g/mol. The number of esters is 2. The van der Waals surface area contributed by atoms with Crippen LogP contribution in [0.1, 0.15) is 335 Å². The van der Waals surface area contributed by atoms with E-state index in [-0.39, 0.29) is 38.6 Å². The van der Waals surface area contributed by atoms with Crippen molar-refractivity contribution in [2.75, 3.05) is 26.4 Å². The van der Waals surface area contributed by atoms with Gasteiger partial charge in [0.2, 0.25) is 0 Å². The van der Waals surface area contributed by atoms with E-state index < -0.39 is 26.5 Å². The molecule has 10 heteroatoms. The molecular weight excluding hydrogens is 954 g/mol. The highest BCUT2D eigenvalue weighted by molar-refractivity contribution is 7.47. The van der Waals surface area contributed by atoms with Gasteiger partial charge in [-0.2, -0.15) is 0 Å². The van der Waals surface area contributed by atoms with Crippen molar-refractivity contribution in [1.82, 2.24) is 0 Å². The highest BCUT2D eigenvalue weighted by atomic mass is 31.2. The molecule has 0 aromatic rings. The van der Waals surface area contributed by atoms with Crippen molar-refractivity contribution in [2.45, 2.75) is 341 Å². The molecule has 0 aromatic heterocycles. The summed E-state index contributed by atoms with van der Waals surface area (Å²) in [6, 6.07) is 0. The molecule has 0 spiro atoms. The molecule has 0 saturated carbocycles. The number of ether oxygens (including phenoxy) is 2.